The Bertz CT molecular complexity index is 178. The Morgan fingerprint density at radius 1 is 1.42 bits per heavy atom. The number of hydrogen-bond donors (Lipinski definition) is 1. The zero-order valence-corrected chi connectivity index (χ0v) is 5.98. The van der Waals surface area contributed by atoms with E-state index in [-0.39, 0.29) is 0 Å². The number of alkyl halides is 4. The maximum atomic E-state index is 12.5. The molecule has 0 aliphatic rings. The molecule has 0 spiro atoms. The molecule has 0 fully saturated rings. The van der Waals surface area contributed by atoms with E-state index >= 15 is 0 Å². The van der Waals surface area contributed by atoms with Crippen molar-refractivity contribution in [2.45, 2.75) is 19.0 Å². The lowest BCUT2D eigenvalue weighted by Gasteiger charge is -2.22. The molecular weight excluding hydrogens is 184 g/mol. The van der Waals surface area contributed by atoms with Crippen LogP contribution in [0.3, 0.4) is 0 Å². The lowest BCUT2D eigenvalue weighted by molar-refractivity contribution is -0.321. The van der Waals surface area contributed by atoms with Crippen molar-refractivity contribution in [2.24, 2.45) is 0 Å². The van der Waals surface area contributed by atoms with Gasteiger partial charge in [0.05, 0.1) is 0 Å². The van der Waals surface area contributed by atoms with Crippen LogP contribution >= 0.6 is 0 Å². The first-order valence-electron chi connectivity index (χ1n) is 2.88. The van der Waals surface area contributed by atoms with Gasteiger partial charge in [0.1, 0.15) is 0 Å². The van der Waals surface area contributed by atoms with Crippen LogP contribution in [0, 0.1) is 0 Å². The zero-order chi connectivity index (χ0) is 9.99. The standard InChI is InChI=1S/C5H6F4O3/c1-2-12-4(6,3(10)11)5(7,8)9/h2H2,1H3,(H,10,11). The third-order valence-corrected chi connectivity index (χ3v) is 0.983. The monoisotopic (exact) mass is 190 g/mol. The second-order valence-electron chi connectivity index (χ2n) is 1.83. The molecule has 0 saturated heterocycles. The fourth-order valence-electron chi connectivity index (χ4n) is 0.464. The van der Waals surface area contributed by atoms with Crippen molar-refractivity contribution in [1.82, 2.24) is 0 Å². The van der Waals surface area contributed by atoms with E-state index < -0.39 is 24.6 Å². The Morgan fingerprint density at radius 2 is 1.83 bits per heavy atom. The van der Waals surface area contributed by atoms with E-state index in [1.165, 1.54) is 0 Å². The summed E-state index contributed by atoms with van der Waals surface area (Å²) in [4.78, 5) is 9.84. The quantitative estimate of drug-likeness (QED) is 0.683. The van der Waals surface area contributed by atoms with Gasteiger partial charge in [-0.15, -0.1) is 0 Å². The molecule has 0 rings (SSSR count). The summed E-state index contributed by atoms with van der Waals surface area (Å²) in [6.45, 7) is 0.380. The number of ether oxygens (including phenoxy) is 1. The fraction of sp³-hybridized carbons (Fsp3) is 0.800. The summed E-state index contributed by atoms with van der Waals surface area (Å²) in [5.74, 6) is -7.29. The normalized spacial score (nSPS) is 17.1. The molecule has 0 amide bonds. The van der Waals surface area contributed by atoms with Crippen LogP contribution in [0.25, 0.3) is 0 Å². The zero-order valence-electron chi connectivity index (χ0n) is 5.98. The molecule has 0 bridgehead atoms. The third kappa shape index (κ3) is 1.84. The molecule has 0 aliphatic carbocycles. The summed E-state index contributed by atoms with van der Waals surface area (Å²) in [5.41, 5.74) is 0. The van der Waals surface area contributed by atoms with Gasteiger partial charge in [-0.3, -0.25) is 0 Å². The van der Waals surface area contributed by atoms with Crippen LogP contribution in [0.4, 0.5) is 17.6 Å². The third-order valence-electron chi connectivity index (χ3n) is 0.983. The Balaban J connectivity index is 4.75. The first-order valence-corrected chi connectivity index (χ1v) is 2.88. The summed E-state index contributed by atoms with van der Waals surface area (Å²) in [6.07, 6.45) is -5.56. The lowest BCUT2D eigenvalue weighted by atomic mass is 10.3. The topological polar surface area (TPSA) is 46.5 Å². The minimum atomic E-state index is -5.56. The predicted octanol–water partition coefficient (Wildman–Crippen LogP) is 1.34. The maximum absolute atomic E-state index is 12.5. The van der Waals surface area contributed by atoms with E-state index in [1.54, 1.807) is 0 Å². The maximum Gasteiger partial charge on any atom is 0.460 e. The van der Waals surface area contributed by atoms with Crippen LogP contribution in [0.5, 0.6) is 0 Å². The number of carbonyl (C=O) groups is 1. The van der Waals surface area contributed by atoms with Crippen molar-refractivity contribution in [3.8, 4) is 0 Å². The Morgan fingerprint density at radius 3 is 1.92 bits per heavy atom. The molecule has 12 heavy (non-hydrogen) atoms. The van der Waals surface area contributed by atoms with Crippen LogP contribution in [0.15, 0.2) is 0 Å². The number of carboxylic acids is 1. The van der Waals surface area contributed by atoms with Crippen LogP contribution in [0.1, 0.15) is 6.92 Å². The largest absolute Gasteiger partial charge is 0.477 e. The molecule has 1 unspecified atom stereocenters. The average molecular weight is 190 g/mol. The molecule has 72 valence electrons. The lowest BCUT2D eigenvalue weighted by Crippen LogP contribution is -2.50. The summed E-state index contributed by atoms with van der Waals surface area (Å²) < 4.78 is 50.9. The second-order valence-corrected chi connectivity index (χ2v) is 1.83. The molecular formula is C5H6F4O3. The Labute approximate surface area is 64.9 Å². The predicted molar refractivity (Wildman–Crippen MR) is 29.2 cm³/mol. The smallest absolute Gasteiger partial charge is 0.460 e. The number of hydrogen-bond acceptors (Lipinski definition) is 2. The van der Waals surface area contributed by atoms with Gasteiger partial charge < -0.3 is 9.84 Å². The summed E-state index contributed by atoms with van der Waals surface area (Å²) in [5, 5.41) is 7.88. The van der Waals surface area contributed by atoms with E-state index in [9.17, 15) is 22.4 Å². The average Bonchev–Trinajstić information content (AvgIpc) is 1.85. The van der Waals surface area contributed by atoms with Crippen molar-refractivity contribution in [3.63, 3.8) is 0 Å². The molecule has 3 nitrogen and oxygen atoms in total. The summed E-state index contributed by atoms with van der Waals surface area (Å²) >= 11 is 0. The molecule has 0 aliphatic heterocycles. The molecule has 1 atom stereocenters. The van der Waals surface area contributed by atoms with E-state index in [0.717, 1.165) is 6.92 Å². The molecule has 0 saturated carbocycles. The van der Waals surface area contributed by atoms with Gasteiger partial charge in [-0.25, -0.2) is 4.79 Å². The molecule has 1 N–H and O–H groups in total. The van der Waals surface area contributed by atoms with Gasteiger partial charge in [-0.1, -0.05) is 0 Å². The first kappa shape index (κ1) is 11.2. The van der Waals surface area contributed by atoms with Gasteiger partial charge in [-0.2, -0.15) is 17.6 Å². The Kier molecular flexibility index (Phi) is 3.03. The summed E-state index contributed by atoms with van der Waals surface area (Å²) in [7, 11) is 0. The highest BCUT2D eigenvalue weighted by molar-refractivity contribution is 5.76. The highest BCUT2D eigenvalue weighted by Crippen LogP contribution is 2.35. The van der Waals surface area contributed by atoms with Gasteiger partial charge in [-0.05, 0) is 6.92 Å². The fourth-order valence-corrected chi connectivity index (χ4v) is 0.464. The number of aliphatic carboxylic acids is 1. The van der Waals surface area contributed by atoms with Gasteiger partial charge in [0.2, 0.25) is 0 Å². The second kappa shape index (κ2) is 3.26. The molecule has 7 heteroatoms. The SMILES string of the molecule is CCOC(F)(C(=O)O)C(F)(F)F. The van der Waals surface area contributed by atoms with E-state index in [4.69, 9.17) is 5.11 Å². The van der Waals surface area contributed by atoms with Crippen molar-refractivity contribution < 1.29 is 32.2 Å². The van der Waals surface area contributed by atoms with Crippen LogP contribution in [0.2, 0.25) is 0 Å². The van der Waals surface area contributed by atoms with Gasteiger partial charge >= 0.3 is 18.0 Å². The highest BCUT2D eigenvalue weighted by atomic mass is 19.4. The minimum absolute atomic E-state index is 0.678. The van der Waals surface area contributed by atoms with E-state index in [0.29, 0.717) is 0 Å². The first-order chi connectivity index (χ1) is 5.25. The van der Waals surface area contributed by atoms with Crippen LogP contribution in [-0.2, 0) is 9.53 Å². The molecule has 0 aromatic carbocycles. The van der Waals surface area contributed by atoms with Crippen molar-refractivity contribution in [1.29, 1.82) is 0 Å². The Hall–Kier alpha value is -0.850. The minimum Gasteiger partial charge on any atom is -0.477 e. The number of carboxylic acid groups (broad SMARTS) is 1. The van der Waals surface area contributed by atoms with Gasteiger partial charge in [0.25, 0.3) is 0 Å². The number of halogens is 4. The van der Waals surface area contributed by atoms with Crippen molar-refractivity contribution in [2.75, 3.05) is 6.61 Å². The van der Waals surface area contributed by atoms with E-state index in [1.807, 2.05) is 0 Å². The van der Waals surface area contributed by atoms with Crippen LogP contribution in [-0.4, -0.2) is 29.7 Å². The van der Waals surface area contributed by atoms with E-state index in [2.05, 4.69) is 4.74 Å². The molecule has 0 radical (unpaired) electrons. The van der Waals surface area contributed by atoms with Crippen LogP contribution < -0.4 is 0 Å². The van der Waals surface area contributed by atoms with Crippen molar-refractivity contribution >= 4 is 5.97 Å². The molecule has 0 aromatic heterocycles. The van der Waals surface area contributed by atoms with Gasteiger partial charge in [0.15, 0.2) is 0 Å². The van der Waals surface area contributed by atoms with Crippen molar-refractivity contribution in [3.05, 3.63) is 0 Å². The summed E-state index contributed by atoms with van der Waals surface area (Å²) in [6, 6.07) is 0. The van der Waals surface area contributed by atoms with Gasteiger partial charge in [0, 0.05) is 6.61 Å². The molecule has 0 aromatic rings. The molecule has 0 heterocycles. The highest BCUT2D eigenvalue weighted by Gasteiger charge is 2.64. The number of rotatable bonds is 3.